The molecule has 0 aliphatic heterocycles. The lowest BCUT2D eigenvalue weighted by atomic mass is 10.2. The lowest BCUT2D eigenvalue weighted by Crippen LogP contribution is -2.19. The predicted octanol–water partition coefficient (Wildman–Crippen LogP) is 6.13. The van der Waals surface area contributed by atoms with Crippen molar-refractivity contribution in [1.82, 2.24) is 0 Å². The highest BCUT2D eigenvalue weighted by Gasteiger charge is 2.27. The molecule has 3 aromatic rings. The first-order valence-electron chi connectivity index (χ1n) is 8.20. The van der Waals surface area contributed by atoms with Gasteiger partial charge in [-0.3, -0.25) is 0 Å². The topological polar surface area (TPSA) is 50.4 Å². The number of hydrogen-bond acceptors (Lipinski definition) is 2. The lowest BCUT2D eigenvalue weighted by Gasteiger charge is -2.12. The van der Waals surface area contributed by atoms with Crippen molar-refractivity contribution >= 4 is 17.4 Å². The molecule has 0 spiro atoms. The molecule has 150 valence electrons. The fraction of sp³-hybridized carbons (Fsp3) is 0.0500. The zero-order valence-corrected chi connectivity index (χ0v) is 14.8. The number of amides is 2. The number of aryl methyl sites for hydroxylation is 1. The van der Waals surface area contributed by atoms with Gasteiger partial charge in [-0.05, 0) is 36.8 Å². The van der Waals surface area contributed by atoms with Gasteiger partial charge in [-0.25, -0.2) is 18.0 Å². The van der Waals surface area contributed by atoms with E-state index in [0.29, 0.717) is 5.69 Å². The van der Waals surface area contributed by atoms with E-state index in [2.05, 4.69) is 10.6 Å². The van der Waals surface area contributed by atoms with Gasteiger partial charge >= 0.3 is 6.03 Å². The van der Waals surface area contributed by atoms with E-state index in [4.69, 9.17) is 4.74 Å². The highest BCUT2D eigenvalue weighted by molar-refractivity contribution is 5.99. The van der Waals surface area contributed by atoms with Crippen molar-refractivity contribution in [1.29, 1.82) is 0 Å². The maximum Gasteiger partial charge on any atom is 0.323 e. The third-order valence-electron chi connectivity index (χ3n) is 3.76. The number of nitrogens with one attached hydrogen (secondary N) is 2. The summed E-state index contributed by atoms with van der Waals surface area (Å²) in [5.74, 6) is -12.4. The Bertz CT molecular complexity index is 1060. The lowest BCUT2D eigenvalue weighted by molar-refractivity contribution is 0.262. The third kappa shape index (κ3) is 4.45. The van der Waals surface area contributed by atoms with Gasteiger partial charge in [0.15, 0.2) is 0 Å². The van der Waals surface area contributed by atoms with E-state index >= 15 is 0 Å². The third-order valence-corrected chi connectivity index (χ3v) is 3.76. The second kappa shape index (κ2) is 8.17. The van der Waals surface area contributed by atoms with Crippen LogP contribution in [0, 0.1) is 36.0 Å². The molecule has 0 aromatic heterocycles. The van der Waals surface area contributed by atoms with Gasteiger partial charge in [-0.15, -0.1) is 0 Å². The second-order valence-electron chi connectivity index (χ2n) is 5.98. The largest absolute Gasteiger partial charge is 0.451 e. The van der Waals surface area contributed by atoms with Crippen LogP contribution in [0.25, 0.3) is 0 Å². The summed E-state index contributed by atoms with van der Waals surface area (Å²) < 4.78 is 72.0. The van der Waals surface area contributed by atoms with Crippen molar-refractivity contribution in [2.75, 3.05) is 10.6 Å². The average Bonchev–Trinajstić information content (AvgIpc) is 2.68. The maximum atomic E-state index is 13.7. The van der Waals surface area contributed by atoms with Gasteiger partial charge in [0, 0.05) is 17.4 Å². The first kappa shape index (κ1) is 20.1. The van der Waals surface area contributed by atoms with Gasteiger partial charge in [0.2, 0.25) is 34.8 Å². The van der Waals surface area contributed by atoms with Crippen LogP contribution < -0.4 is 15.4 Å². The summed E-state index contributed by atoms with van der Waals surface area (Å²) in [6.07, 6.45) is 0. The normalized spacial score (nSPS) is 10.6. The smallest absolute Gasteiger partial charge is 0.323 e. The van der Waals surface area contributed by atoms with Crippen LogP contribution in [0.4, 0.5) is 38.1 Å². The Balaban J connectivity index is 1.78. The number of carbonyl (C=O) groups excluding carboxylic acids is 1. The minimum Gasteiger partial charge on any atom is -0.451 e. The number of benzene rings is 3. The van der Waals surface area contributed by atoms with E-state index in [1.54, 1.807) is 18.2 Å². The zero-order chi connectivity index (χ0) is 21.1. The SMILES string of the molecule is Cc1cccc(NC(=O)Nc2cccc(Oc3c(F)c(F)c(F)c(F)c3F)c2)c1. The van der Waals surface area contributed by atoms with Crippen LogP contribution in [0.3, 0.4) is 0 Å². The van der Waals surface area contributed by atoms with Crippen molar-refractivity contribution in [3.63, 3.8) is 0 Å². The molecule has 0 aliphatic carbocycles. The molecule has 0 atom stereocenters. The van der Waals surface area contributed by atoms with E-state index < -0.39 is 40.9 Å². The zero-order valence-electron chi connectivity index (χ0n) is 14.8. The minimum absolute atomic E-state index is 0.163. The van der Waals surface area contributed by atoms with Crippen LogP contribution in [0.1, 0.15) is 5.56 Å². The quantitative estimate of drug-likeness (QED) is 0.310. The molecule has 0 unspecified atom stereocenters. The monoisotopic (exact) mass is 408 g/mol. The van der Waals surface area contributed by atoms with Crippen molar-refractivity contribution in [3.05, 3.63) is 83.2 Å². The first-order valence-corrected chi connectivity index (χ1v) is 8.20. The predicted molar refractivity (Wildman–Crippen MR) is 96.6 cm³/mol. The Morgan fingerprint density at radius 3 is 1.86 bits per heavy atom. The Morgan fingerprint density at radius 1 is 0.759 bits per heavy atom. The Morgan fingerprint density at radius 2 is 1.28 bits per heavy atom. The average molecular weight is 408 g/mol. The number of hydrogen-bond donors (Lipinski definition) is 2. The van der Waals surface area contributed by atoms with Crippen LogP contribution in [0.15, 0.2) is 48.5 Å². The molecule has 0 saturated heterocycles. The summed E-state index contributed by atoms with van der Waals surface area (Å²) in [6.45, 7) is 1.85. The van der Waals surface area contributed by atoms with Gasteiger partial charge in [0.1, 0.15) is 5.75 Å². The fourth-order valence-electron chi connectivity index (χ4n) is 2.45. The molecular weight excluding hydrogens is 395 g/mol. The van der Waals surface area contributed by atoms with Crippen LogP contribution in [-0.2, 0) is 0 Å². The highest BCUT2D eigenvalue weighted by atomic mass is 19.2. The molecule has 0 fully saturated rings. The van der Waals surface area contributed by atoms with Crippen LogP contribution >= 0.6 is 0 Å². The fourth-order valence-corrected chi connectivity index (χ4v) is 2.45. The van der Waals surface area contributed by atoms with E-state index in [1.807, 2.05) is 13.0 Å². The van der Waals surface area contributed by atoms with Gasteiger partial charge in [0.05, 0.1) is 0 Å². The van der Waals surface area contributed by atoms with E-state index in [0.717, 1.165) is 11.6 Å². The Kier molecular flexibility index (Phi) is 5.67. The second-order valence-corrected chi connectivity index (χ2v) is 5.98. The van der Waals surface area contributed by atoms with Gasteiger partial charge in [-0.2, -0.15) is 8.78 Å². The van der Waals surface area contributed by atoms with Crippen LogP contribution in [-0.4, -0.2) is 6.03 Å². The highest BCUT2D eigenvalue weighted by Crippen LogP contribution is 2.33. The van der Waals surface area contributed by atoms with Gasteiger partial charge in [-0.1, -0.05) is 18.2 Å². The molecule has 3 rings (SSSR count). The molecule has 0 aliphatic rings. The summed E-state index contributed by atoms with van der Waals surface area (Å²) in [6, 6.07) is 11.6. The van der Waals surface area contributed by atoms with Crippen molar-refractivity contribution in [3.8, 4) is 11.5 Å². The van der Waals surface area contributed by atoms with Crippen LogP contribution in [0.2, 0.25) is 0 Å². The van der Waals surface area contributed by atoms with E-state index in [9.17, 15) is 26.7 Å². The van der Waals surface area contributed by atoms with Crippen LogP contribution in [0.5, 0.6) is 11.5 Å². The van der Waals surface area contributed by atoms with Crippen molar-refractivity contribution < 1.29 is 31.5 Å². The standard InChI is InChI=1S/C20H13F5N2O2/c1-10-4-2-5-11(8-10)26-20(28)27-12-6-3-7-13(9-12)29-19-17(24)15(22)14(21)16(23)18(19)25/h2-9H,1H3,(H2,26,27,28). The van der Waals surface area contributed by atoms with Crippen molar-refractivity contribution in [2.24, 2.45) is 0 Å². The molecular formula is C20H13F5N2O2. The number of urea groups is 1. The molecule has 0 radical (unpaired) electrons. The molecule has 0 saturated carbocycles. The molecule has 3 aromatic carbocycles. The molecule has 9 heteroatoms. The minimum atomic E-state index is -2.28. The molecule has 2 amide bonds. The first-order chi connectivity index (χ1) is 13.8. The van der Waals surface area contributed by atoms with Gasteiger partial charge in [0.25, 0.3) is 0 Å². The number of carbonyl (C=O) groups is 1. The maximum absolute atomic E-state index is 13.7. The molecule has 0 bridgehead atoms. The number of rotatable bonds is 4. The summed E-state index contributed by atoms with van der Waals surface area (Å²) in [5.41, 5.74) is 1.63. The molecule has 29 heavy (non-hydrogen) atoms. The number of halogens is 5. The van der Waals surface area contributed by atoms with E-state index in [1.165, 1.54) is 18.2 Å². The Labute approximate surface area is 161 Å². The summed E-state index contributed by atoms with van der Waals surface area (Å²) in [4.78, 5) is 12.1. The van der Waals surface area contributed by atoms with Gasteiger partial charge < -0.3 is 15.4 Å². The summed E-state index contributed by atoms with van der Waals surface area (Å²) in [5, 5.41) is 5.06. The summed E-state index contributed by atoms with van der Waals surface area (Å²) >= 11 is 0. The van der Waals surface area contributed by atoms with E-state index in [-0.39, 0.29) is 11.4 Å². The number of anilines is 2. The Hall–Kier alpha value is -3.62. The van der Waals surface area contributed by atoms with Crippen molar-refractivity contribution in [2.45, 2.75) is 6.92 Å². The summed E-state index contributed by atoms with van der Waals surface area (Å²) in [7, 11) is 0. The number of ether oxygens (including phenoxy) is 1. The molecule has 0 heterocycles. The molecule has 2 N–H and O–H groups in total. The molecule has 4 nitrogen and oxygen atoms in total.